The monoisotopic (exact) mass is 191 g/mol. The van der Waals surface area contributed by atoms with Gasteiger partial charge in [0.25, 0.3) is 0 Å². The summed E-state index contributed by atoms with van der Waals surface area (Å²) in [5.74, 6) is 0.0150. The number of hydrogen-bond acceptors (Lipinski definition) is 3. The van der Waals surface area contributed by atoms with Gasteiger partial charge in [-0.3, -0.25) is 4.79 Å². The van der Waals surface area contributed by atoms with E-state index in [0.717, 1.165) is 15.0 Å². The second-order valence-corrected chi connectivity index (χ2v) is 3.86. The van der Waals surface area contributed by atoms with Gasteiger partial charge in [-0.2, -0.15) is 0 Å². The Morgan fingerprint density at radius 1 is 1.38 bits per heavy atom. The van der Waals surface area contributed by atoms with E-state index in [-0.39, 0.29) is 12.3 Å². The van der Waals surface area contributed by atoms with Crippen LogP contribution in [0, 0.1) is 0 Å². The highest BCUT2D eigenvalue weighted by Crippen LogP contribution is 2.25. The number of ketones is 1. The van der Waals surface area contributed by atoms with Gasteiger partial charge in [0.1, 0.15) is 0 Å². The van der Waals surface area contributed by atoms with Gasteiger partial charge in [0, 0.05) is 4.70 Å². The standard InChI is InChI=1S/C10H9NOS/c11-6-8(12)10-5-7-3-1-2-4-9(7)13-10/h1-5H,6,11H2. The summed E-state index contributed by atoms with van der Waals surface area (Å²) in [5, 5.41) is 1.12. The fraction of sp³-hybridized carbons (Fsp3) is 0.100. The molecule has 0 amide bonds. The molecular weight excluding hydrogens is 182 g/mol. The third kappa shape index (κ3) is 1.48. The second kappa shape index (κ2) is 3.28. The molecule has 1 heterocycles. The van der Waals surface area contributed by atoms with Crippen LogP contribution in [0.2, 0.25) is 0 Å². The molecule has 0 saturated heterocycles. The van der Waals surface area contributed by atoms with Gasteiger partial charge >= 0.3 is 0 Å². The van der Waals surface area contributed by atoms with Crippen molar-refractivity contribution in [2.75, 3.05) is 6.54 Å². The number of fused-ring (bicyclic) bond motifs is 1. The van der Waals surface area contributed by atoms with Gasteiger partial charge in [0.2, 0.25) is 0 Å². The number of Topliss-reactive ketones (excluding diaryl/α,β-unsaturated/α-hetero) is 1. The fourth-order valence-electron chi connectivity index (χ4n) is 1.22. The number of rotatable bonds is 2. The van der Waals surface area contributed by atoms with E-state index < -0.39 is 0 Å². The summed E-state index contributed by atoms with van der Waals surface area (Å²) in [7, 11) is 0. The van der Waals surface area contributed by atoms with Crippen LogP contribution < -0.4 is 5.73 Å². The average molecular weight is 191 g/mol. The first-order valence-electron chi connectivity index (χ1n) is 4.03. The highest BCUT2D eigenvalue weighted by Gasteiger charge is 2.07. The van der Waals surface area contributed by atoms with Crippen molar-refractivity contribution in [3.05, 3.63) is 35.2 Å². The Balaban J connectivity index is 2.56. The zero-order valence-electron chi connectivity index (χ0n) is 6.99. The highest BCUT2D eigenvalue weighted by atomic mass is 32.1. The lowest BCUT2D eigenvalue weighted by Gasteiger charge is -1.87. The van der Waals surface area contributed by atoms with Crippen LogP contribution in [-0.4, -0.2) is 12.3 Å². The molecule has 0 aliphatic carbocycles. The Morgan fingerprint density at radius 3 is 2.85 bits per heavy atom. The molecule has 2 N–H and O–H groups in total. The Morgan fingerprint density at radius 2 is 2.15 bits per heavy atom. The lowest BCUT2D eigenvalue weighted by molar-refractivity contribution is 0.101. The van der Waals surface area contributed by atoms with E-state index in [1.54, 1.807) is 0 Å². The fourth-order valence-corrected chi connectivity index (χ4v) is 2.23. The summed E-state index contributed by atoms with van der Waals surface area (Å²) in [5.41, 5.74) is 5.28. The van der Waals surface area contributed by atoms with Crippen LogP contribution in [0.25, 0.3) is 10.1 Å². The molecule has 13 heavy (non-hydrogen) atoms. The maximum absolute atomic E-state index is 11.3. The van der Waals surface area contributed by atoms with E-state index in [4.69, 9.17) is 5.73 Å². The molecular formula is C10H9NOS. The van der Waals surface area contributed by atoms with Crippen molar-refractivity contribution in [1.29, 1.82) is 0 Å². The van der Waals surface area contributed by atoms with Gasteiger partial charge in [-0.05, 0) is 17.5 Å². The van der Waals surface area contributed by atoms with Gasteiger partial charge in [0.05, 0.1) is 11.4 Å². The average Bonchev–Trinajstić information content (AvgIpc) is 2.59. The summed E-state index contributed by atoms with van der Waals surface area (Å²) in [6.07, 6.45) is 0. The molecule has 2 aromatic rings. The number of carbonyl (C=O) groups excluding carboxylic acids is 1. The minimum absolute atomic E-state index is 0.0150. The van der Waals surface area contributed by atoms with Gasteiger partial charge in [-0.25, -0.2) is 0 Å². The zero-order valence-corrected chi connectivity index (χ0v) is 7.80. The first kappa shape index (κ1) is 8.41. The van der Waals surface area contributed by atoms with Crippen LogP contribution in [0.4, 0.5) is 0 Å². The van der Waals surface area contributed by atoms with Crippen LogP contribution in [-0.2, 0) is 0 Å². The van der Waals surface area contributed by atoms with E-state index >= 15 is 0 Å². The van der Waals surface area contributed by atoms with Crippen molar-refractivity contribution in [2.24, 2.45) is 5.73 Å². The number of hydrogen-bond donors (Lipinski definition) is 1. The van der Waals surface area contributed by atoms with Crippen molar-refractivity contribution in [2.45, 2.75) is 0 Å². The molecule has 1 aromatic heterocycles. The number of benzene rings is 1. The highest BCUT2D eigenvalue weighted by molar-refractivity contribution is 7.20. The van der Waals surface area contributed by atoms with E-state index in [2.05, 4.69) is 0 Å². The molecule has 66 valence electrons. The Labute approximate surface area is 80.0 Å². The normalized spacial score (nSPS) is 10.5. The second-order valence-electron chi connectivity index (χ2n) is 2.78. The number of thiophene rings is 1. The quantitative estimate of drug-likeness (QED) is 0.738. The van der Waals surface area contributed by atoms with Crippen LogP contribution >= 0.6 is 11.3 Å². The van der Waals surface area contributed by atoms with Crippen molar-refractivity contribution in [3.63, 3.8) is 0 Å². The molecule has 0 atom stereocenters. The van der Waals surface area contributed by atoms with Gasteiger partial charge in [-0.15, -0.1) is 11.3 Å². The Hall–Kier alpha value is -1.19. The molecule has 2 nitrogen and oxygen atoms in total. The third-order valence-electron chi connectivity index (χ3n) is 1.89. The lowest BCUT2D eigenvalue weighted by Crippen LogP contribution is -2.11. The molecule has 2 rings (SSSR count). The molecule has 0 saturated carbocycles. The SMILES string of the molecule is NCC(=O)c1cc2ccccc2s1. The first-order valence-corrected chi connectivity index (χ1v) is 4.85. The van der Waals surface area contributed by atoms with Crippen LogP contribution in [0.15, 0.2) is 30.3 Å². The molecule has 0 unspecified atom stereocenters. The summed E-state index contributed by atoms with van der Waals surface area (Å²) < 4.78 is 1.14. The first-order chi connectivity index (χ1) is 6.31. The predicted molar refractivity (Wildman–Crippen MR) is 55.2 cm³/mol. The lowest BCUT2D eigenvalue weighted by atomic mass is 10.2. The summed E-state index contributed by atoms with van der Waals surface area (Å²) >= 11 is 1.50. The molecule has 0 spiro atoms. The molecule has 3 heteroatoms. The molecule has 0 radical (unpaired) electrons. The van der Waals surface area contributed by atoms with Crippen molar-refractivity contribution < 1.29 is 4.79 Å². The van der Waals surface area contributed by atoms with E-state index in [1.807, 2.05) is 30.3 Å². The molecule has 0 aliphatic rings. The summed E-state index contributed by atoms with van der Waals surface area (Å²) in [6.45, 7) is 0.0901. The van der Waals surface area contributed by atoms with Crippen molar-refractivity contribution >= 4 is 27.2 Å². The maximum atomic E-state index is 11.3. The van der Waals surface area contributed by atoms with E-state index in [9.17, 15) is 4.79 Å². The summed E-state index contributed by atoms with van der Waals surface area (Å²) in [4.78, 5) is 12.0. The zero-order chi connectivity index (χ0) is 9.26. The van der Waals surface area contributed by atoms with E-state index in [1.165, 1.54) is 11.3 Å². The van der Waals surface area contributed by atoms with E-state index in [0.29, 0.717) is 0 Å². The van der Waals surface area contributed by atoms with Crippen LogP contribution in [0.3, 0.4) is 0 Å². The van der Waals surface area contributed by atoms with Gasteiger partial charge in [0.15, 0.2) is 5.78 Å². The topological polar surface area (TPSA) is 43.1 Å². The van der Waals surface area contributed by atoms with Crippen LogP contribution in [0.5, 0.6) is 0 Å². The minimum atomic E-state index is 0.0150. The molecule has 0 fully saturated rings. The minimum Gasteiger partial charge on any atom is -0.324 e. The van der Waals surface area contributed by atoms with Gasteiger partial charge < -0.3 is 5.73 Å². The van der Waals surface area contributed by atoms with Crippen molar-refractivity contribution in [3.8, 4) is 0 Å². The molecule has 0 bridgehead atoms. The number of nitrogens with two attached hydrogens (primary N) is 1. The predicted octanol–water partition coefficient (Wildman–Crippen LogP) is 2.04. The maximum Gasteiger partial charge on any atom is 0.186 e. The summed E-state index contributed by atoms with van der Waals surface area (Å²) in [6, 6.07) is 9.84. The Bertz CT molecular complexity index is 414. The van der Waals surface area contributed by atoms with Gasteiger partial charge in [-0.1, -0.05) is 18.2 Å². The van der Waals surface area contributed by atoms with Crippen LogP contribution in [0.1, 0.15) is 9.67 Å². The number of carbonyl (C=O) groups is 1. The third-order valence-corrected chi connectivity index (χ3v) is 3.04. The van der Waals surface area contributed by atoms with Crippen molar-refractivity contribution in [1.82, 2.24) is 0 Å². The molecule has 1 aromatic carbocycles. The Kier molecular flexibility index (Phi) is 2.12. The largest absolute Gasteiger partial charge is 0.324 e. The smallest absolute Gasteiger partial charge is 0.186 e. The molecule has 0 aliphatic heterocycles.